The van der Waals surface area contributed by atoms with E-state index in [4.69, 9.17) is 30.2 Å². The fourth-order valence-corrected chi connectivity index (χ4v) is 4.58. The zero-order chi connectivity index (χ0) is 24.9. The zero-order valence-corrected chi connectivity index (χ0v) is 20.2. The fourth-order valence-electron chi connectivity index (χ4n) is 4.41. The monoisotopic (exact) mass is 492 g/mol. The summed E-state index contributed by atoms with van der Waals surface area (Å²) in [5, 5.41) is 0.663. The van der Waals surface area contributed by atoms with Gasteiger partial charge in [-0.2, -0.15) is 0 Å². The van der Waals surface area contributed by atoms with Crippen molar-refractivity contribution < 1.29 is 23.4 Å². The van der Waals surface area contributed by atoms with Crippen molar-refractivity contribution in [2.24, 2.45) is 0 Å². The molecule has 0 fully saturated rings. The minimum atomic E-state index is -0.861. The van der Waals surface area contributed by atoms with Crippen LogP contribution in [0.2, 0.25) is 5.02 Å². The molecule has 0 spiro atoms. The van der Waals surface area contributed by atoms with Crippen LogP contribution in [0.5, 0.6) is 17.2 Å². The highest BCUT2D eigenvalue weighted by atomic mass is 35.5. The lowest BCUT2D eigenvalue weighted by Crippen LogP contribution is -2.30. The number of hydrogen-bond acceptors (Lipinski definition) is 7. The van der Waals surface area contributed by atoms with Crippen LogP contribution in [0.25, 0.3) is 11.0 Å². The van der Waals surface area contributed by atoms with E-state index in [2.05, 4.69) is 4.98 Å². The predicted octanol–water partition coefficient (Wildman–Crippen LogP) is 4.93. The van der Waals surface area contributed by atoms with Gasteiger partial charge in [-0.05, 0) is 60.5 Å². The Hall–Kier alpha value is -4.04. The number of ether oxygens (including phenoxy) is 3. The molecule has 0 N–H and O–H groups in total. The van der Waals surface area contributed by atoms with E-state index < -0.39 is 11.9 Å². The summed E-state index contributed by atoms with van der Waals surface area (Å²) in [6.07, 6.45) is 1.61. The zero-order valence-electron chi connectivity index (χ0n) is 19.4. The molecule has 178 valence electrons. The van der Waals surface area contributed by atoms with Crippen molar-refractivity contribution in [3.8, 4) is 17.2 Å². The van der Waals surface area contributed by atoms with Crippen molar-refractivity contribution >= 4 is 34.3 Å². The van der Waals surface area contributed by atoms with Crippen molar-refractivity contribution in [2.75, 3.05) is 26.2 Å². The molecule has 1 amide bonds. The first kappa shape index (κ1) is 22.7. The lowest BCUT2D eigenvalue weighted by molar-refractivity contribution is 0.0970. The maximum atomic E-state index is 13.8. The van der Waals surface area contributed by atoms with E-state index in [1.807, 2.05) is 13.0 Å². The quantitative estimate of drug-likeness (QED) is 0.390. The smallest absolute Gasteiger partial charge is 0.296 e. The number of hydrogen-bond donors (Lipinski definition) is 0. The summed E-state index contributed by atoms with van der Waals surface area (Å²) in [5.41, 5.74) is 1.56. The van der Waals surface area contributed by atoms with E-state index >= 15 is 0 Å². The molecule has 2 aromatic heterocycles. The van der Waals surface area contributed by atoms with E-state index in [1.54, 1.807) is 36.5 Å². The molecule has 3 heterocycles. The normalized spacial score (nSPS) is 14.8. The number of aryl methyl sites for hydroxylation is 1. The third-order valence-corrected chi connectivity index (χ3v) is 6.22. The van der Waals surface area contributed by atoms with Crippen LogP contribution in [0, 0.1) is 6.92 Å². The molecule has 1 atom stereocenters. The number of halogens is 1. The Bertz CT molecular complexity index is 1520. The van der Waals surface area contributed by atoms with Crippen LogP contribution in [0.1, 0.15) is 33.3 Å². The van der Waals surface area contributed by atoms with E-state index in [1.165, 1.54) is 32.3 Å². The van der Waals surface area contributed by atoms with Gasteiger partial charge in [0.15, 0.2) is 16.9 Å². The van der Waals surface area contributed by atoms with E-state index in [0.29, 0.717) is 33.7 Å². The minimum absolute atomic E-state index is 0.0492. The summed E-state index contributed by atoms with van der Waals surface area (Å²) in [6.45, 7) is 1.90. The van der Waals surface area contributed by atoms with Gasteiger partial charge in [0.2, 0.25) is 11.5 Å². The van der Waals surface area contributed by atoms with Crippen molar-refractivity contribution in [2.45, 2.75) is 13.0 Å². The van der Waals surface area contributed by atoms with Gasteiger partial charge < -0.3 is 18.6 Å². The highest BCUT2D eigenvalue weighted by Crippen LogP contribution is 2.46. The first-order valence-electron chi connectivity index (χ1n) is 10.7. The number of carbonyl (C=O) groups is 1. The molecule has 0 saturated carbocycles. The Morgan fingerprint density at radius 2 is 1.69 bits per heavy atom. The molecule has 1 aliphatic heterocycles. The van der Waals surface area contributed by atoms with Crippen LogP contribution in [0.15, 0.2) is 57.9 Å². The summed E-state index contributed by atoms with van der Waals surface area (Å²) >= 11 is 6.16. The number of fused-ring (bicyclic) bond motifs is 2. The SMILES string of the molecule is COc1cc(C2c3c(oc4ccc(Cl)cc4c3=O)C(=O)N2c2cc(C)ccn2)cc(OC)c1OC. The Labute approximate surface area is 205 Å². The van der Waals surface area contributed by atoms with Gasteiger partial charge in [0, 0.05) is 11.2 Å². The number of rotatable bonds is 5. The number of aromatic nitrogens is 1. The molecule has 8 nitrogen and oxygen atoms in total. The highest BCUT2D eigenvalue weighted by molar-refractivity contribution is 6.31. The van der Waals surface area contributed by atoms with Gasteiger partial charge in [-0.15, -0.1) is 0 Å². The number of anilines is 1. The van der Waals surface area contributed by atoms with Gasteiger partial charge in [-0.3, -0.25) is 14.5 Å². The first-order chi connectivity index (χ1) is 16.9. The van der Waals surface area contributed by atoms with Crippen molar-refractivity contribution in [3.05, 3.63) is 86.4 Å². The van der Waals surface area contributed by atoms with Gasteiger partial charge in [0.1, 0.15) is 11.4 Å². The second-order valence-corrected chi connectivity index (χ2v) is 8.48. The number of nitrogens with zero attached hydrogens (tertiary/aromatic N) is 2. The van der Waals surface area contributed by atoms with Gasteiger partial charge in [0.25, 0.3) is 5.91 Å². The third-order valence-electron chi connectivity index (χ3n) is 5.98. The number of amides is 1. The average molecular weight is 493 g/mol. The molecule has 5 rings (SSSR count). The summed E-state index contributed by atoms with van der Waals surface area (Å²) in [7, 11) is 4.50. The van der Waals surface area contributed by atoms with E-state index in [0.717, 1.165) is 5.56 Å². The van der Waals surface area contributed by atoms with Crippen molar-refractivity contribution in [1.29, 1.82) is 0 Å². The van der Waals surface area contributed by atoms with Crippen LogP contribution in [0.3, 0.4) is 0 Å². The fraction of sp³-hybridized carbons (Fsp3) is 0.192. The van der Waals surface area contributed by atoms with Gasteiger partial charge in [-0.25, -0.2) is 4.98 Å². The molecular weight excluding hydrogens is 472 g/mol. The number of carbonyl (C=O) groups excluding carboxylic acids is 1. The average Bonchev–Trinajstić information content (AvgIpc) is 3.16. The van der Waals surface area contributed by atoms with Crippen LogP contribution < -0.4 is 24.5 Å². The van der Waals surface area contributed by atoms with Gasteiger partial charge in [-0.1, -0.05) is 11.6 Å². The molecule has 9 heteroatoms. The lowest BCUT2D eigenvalue weighted by atomic mass is 9.97. The van der Waals surface area contributed by atoms with E-state index in [-0.39, 0.29) is 27.7 Å². The van der Waals surface area contributed by atoms with Crippen LogP contribution in [0.4, 0.5) is 5.82 Å². The lowest BCUT2D eigenvalue weighted by Gasteiger charge is -2.25. The molecule has 0 bridgehead atoms. The third kappa shape index (κ3) is 3.57. The predicted molar refractivity (Wildman–Crippen MR) is 131 cm³/mol. The van der Waals surface area contributed by atoms with Crippen molar-refractivity contribution in [3.63, 3.8) is 0 Å². The van der Waals surface area contributed by atoms with Crippen LogP contribution in [-0.4, -0.2) is 32.2 Å². The largest absolute Gasteiger partial charge is 0.493 e. The second-order valence-electron chi connectivity index (χ2n) is 8.04. The second kappa shape index (κ2) is 8.63. The number of benzene rings is 2. The Balaban J connectivity index is 1.85. The molecule has 2 aromatic carbocycles. The molecule has 0 radical (unpaired) electrons. The topological polar surface area (TPSA) is 91.1 Å². The molecule has 1 unspecified atom stereocenters. The maximum Gasteiger partial charge on any atom is 0.296 e. The molecule has 0 aliphatic carbocycles. The Morgan fingerprint density at radius 3 is 2.31 bits per heavy atom. The summed E-state index contributed by atoms with van der Waals surface area (Å²) in [5.74, 6) is 1.00. The standard InChI is InChI=1S/C26H21ClN2O6/c1-13-7-8-28-20(9-13)29-22(14-10-18(32-2)24(34-4)19(11-14)33-3)21-23(30)16-12-15(27)5-6-17(16)35-25(21)26(29)31/h5-12,22H,1-4H3. The van der Waals surface area contributed by atoms with Gasteiger partial charge >= 0.3 is 0 Å². The maximum absolute atomic E-state index is 13.8. The number of pyridine rings is 1. The molecule has 1 aliphatic rings. The minimum Gasteiger partial charge on any atom is -0.493 e. The molecular formula is C26H21ClN2O6. The Kier molecular flexibility index (Phi) is 5.61. The van der Waals surface area contributed by atoms with E-state index in [9.17, 15) is 9.59 Å². The summed E-state index contributed by atoms with van der Waals surface area (Å²) < 4.78 is 22.5. The highest BCUT2D eigenvalue weighted by Gasteiger charge is 2.45. The Morgan fingerprint density at radius 1 is 0.971 bits per heavy atom. The van der Waals surface area contributed by atoms with Crippen LogP contribution in [-0.2, 0) is 0 Å². The first-order valence-corrected chi connectivity index (χ1v) is 11.1. The van der Waals surface area contributed by atoms with Crippen LogP contribution >= 0.6 is 11.6 Å². The summed E-state index contributed by atoms with van der Waals surface area (Å²) in [4.78, 5) is 33.4. The number of methoxy groups -OCH3 is 3. The molecule has 4 aromatic rings. The molecule has 0 saturated heterocycles. The summed E-state index contributed by atoms with van der Waals surface area (Å²) in [6, 6.07) is 10.9. The van der Waals surface area contributed by atoms with Crippen molar-refractivity contribution in [1.82, 2.24) is 4.98 Å². The molecule has 35 heavy (non-hydrogen) atoms. The van der Waals surface area contributed by atoms with Gasteiger partial charge in [0.05, 0.1) is 38.3 Å².